The Morgan fingerprint density at radius 1 is 1.03 bits per heavy atom. The summed E-state index contributed by atoms with van der Waals surface area (Å²) in [4.78, 5) is 14.3. The molecule has 0 aliphatic carbocycles. The first kappa shape index (κ1) is 20.4. The highest BCUT2D eigenvalue weighted by atomic mass is 32.2. The number of benzene rings is 1. The van der Waals surface area contributed by atoms with Crippen molar-refractivity contribution in [3.05, 3.63) is 18.2 Å². The first-order valence-electron chi connectivity index (χ1n) is 9.65. The molecule has 4 rings (SSSR count). The van der Waals surface area contributed by atoms with Crippen LogP contribution < -0.4 is 9.47 Å². The molecule has 0 saturated carbocycles. The van der Waals surface area contributed by atoms with Gasteiger partial charge >= 0.3 is 0 Å². The van der Waals surface area contributed by atoms with Crippen molar-refractivity contribution in [1.82, 2.24) is 9.21 Å². The summed E-state index contributed by atoms with van der Waals surface area (Å²) >= 11 is 0. The van der Waals surface area contributed by atoms with Gasteiger partial charge in [-0.1, -0.05) is 0 Å². The predicted octanol–water partition coefficient (Wildman–Crippen LogP) is 0.116. The van der Waals surface area contributed by atoms with E-state index in [4.69, 9.17) is 9.47 Å². The molecule has 0 spiro atoms. The molecule has 29 heavy (non-hydrogen) atoms. The third kappa shape index (κ3) is 4.22. The molecule has 0 N–H and O–H groups in total. The van der Waals surface area contributed by atoms with Gasteiger partial charge in [0.15, 0.2) is 21.3 Å². The lowest BCUT2D eigenvalue weighted by Crippen LogP contribution is -2.52. The zero-order valence-corrected chi connectivity index (χ0v) is 17.6. The lowest BCUT2D eigenvalue weighted by Gasteiger charge is -2.35. The first-order valence-corrected chi connectivity index (χ1v) is 12.9. The summed E-state index contributed by atoms with van der Waals surface area (Å²) in [6, 6.07) is 4.59. The highest BCUT2D eigenvalue weighted by Gasteiger charge is 2.37. The van der Waals surface area contributed by atoms with Crippen LogP contribution in [0.5, 0.6) is 11.5 Å². The topological polar surface area (TPSA) is 110 Å². The van der Waals surface area contributed by atoms with E-state index in [1.54, 1.807) is 11.0 Å². The van der Waals surface area contributed by atoms with E-state index in [0.29, 0.717) is 31.1 Å². The van der Waals surface area contributed by atoms with Crippen LogP contribution in [0.2, 0.25) is 0 Å². The molecule has 0 radical (unpaired) electrons. The number of piperazine rings is 1. The molecule has 1 atom stereocenters. The van der Waals surface area contributed by atoms with Crippen molar-refractivity contribution in [2.45, 2.75) is 17.7 Å². The van der Waals surface area contributed by atoms with Gasteiger partial charge < -0.3 is 14.4 Å². The number of sulfone groups is 1. The van der Waals surface area contributed by atoms with Gasteiger partial charge in [0, 0.05) is 38.7 Å². The van der Waals surface area contributed by atoms with Gasteiger partial charge in [0.05, 0.1) is 35.5 Å². The Morgan fingerprint density at radius 3 is 2.38 bits per heavy atom. The van der Waals surface area contributed by atoms with Gasteiger partial charge in [-0.3, -0.25) is 4.79 Å². The van der Waals surface area contributed by atoms with Gasteiger partial charge in [-0.15, -0.1) is 0 Å². The van der Waals surface area contributed by atoms with E-state index in [0.717, 1.165) is 6.42 Å². The molecular formula is C18H24N2O7S2. The van der Waals surface area contributed by atoms with Crippen LogP contribution in [0.15, 0.2) is 23.1 Å². The molecule has 0 bridgehead atoms. The SMILES string of the molecule is O=C([C@@H]1CCS(=O)(=O)C1)N1CCN(S(=O)(=O)c2ccc3c(c2)OCCCO3)CC1. The quantitative estimate of drug-likeness (QED) is 0.651. The lowest BCUT2D eigenvalue weighted by atomic mass is 10.1. The van der Waals surface area contributed by atoms with Crippen LogP contribution in [0.3, 0.4) is 0 Å². The average molecular weight is 445 g/mol. The van der Waals surface area contributed by atoms with Crippen molar-refractivity contribution in [1.29, 1.82) is 0 Å². The maximum Gasteiger partial charge on any atom is 0.243 e. The summed E-state index contributed by atoms with van der Waals surface area (Å²) in [5.41, 5.74) is 0. The average Bonchev–Trinajstić information content (AvgIpc) is 2.92. The zero-order valence-electron chi connectivity index (χ0n) is 15.9. The minimum absolute atomic E-state index is 0.0435. The zero-order chi connectivity index (χ0) is 20.6. The van der Waals surface area contributed by atoms with Crippen LogP contribution in [-0.4, -0.2) is 82.8 Å². The van der Waals surface area contributed by atoms with Crippen LogP contribution in [0.1, 0.15) is 12.8 Å². The number of carbonyl (C=O) groups is 1. The summed E-state index contributed by atoms with van der Waals surface area (Å²) in [7, 11) is -6.87. The van der Waals surface area contributed by atoms with Gasteiger partial charge in [-0.25, -0.2) is 16.8 Å². The van der Waals surface area contributed by atoms with E-state index >= 15 is 0 Å². The highest BCUT2D eigenvalue weighted by Crippen LogP contribution is 2.33. The largest absolute Gasteiger partial charge is 0.490 e. The first-order chi connectivity index (χ1) is 13.8. The van der Waals surface area contributed by atoms with Gasteiger partial charge in [0.2, 0.25) is 15.9 Å². The Balaban J connectivity index is 1.43. The molecule has 0 unspecified atom stereocenters. The fourth-order valence-corrected chi connectivity index (χ4v) is 7.02. The maximum atomic E-state index is 13.0. The van der Waals surface area contributed by atoms with Gasteiger partial charge in [0.25, 0.3) is 0 Å². The van der Waals surface area contributed by atoms with Gasteiger partial charge in [-0.2, -0.15) is 4.31 Å². The van der Waals surface area contributed by atoms with Crippen molar-refractivity contribution in [2.75, 3.05) is 50.9 Å². The molecule has 160 valence electrons. The smallest absolute Gasteiger partial charge is 0.243 e. The number of amides is 1. The molecule has 3 aliphatic rings. The summed E-state index contributed by atoms with van der Waals surface area (Å²) in [5.74, 6) is 0.176. The van der Waals surface area contributed by atoms with Crippen molar-refractivity contribution < 1.29 is 31.1 Å². The van der Waals surface area contributed by atoms with Crippen molar-refractivity contribution >= 4 is 25.8 Å². The van der Waals surface area contributed by atoms with E-state index in [2.05, 4.69) is 0 Å². The number of fused-ring (bicyclic) bond motifs is 1. The molecule has 0 aromatic heterocycles. The Hall–Kier alpha value is -1.85. The Labute approximate surface area is 170 Å². The normalized spacial score (nSPS) is 24.8. The number of nitrogens with zero attached hydrogens (tertiary/aromatic N) is 2. The van der Waals surface area contributed by atoms with Crippen LogP contribution in [-0.2, 0) is 24.7 Å². The molecule has 3 heterocycles. The molecular weight excluding hydrogens is 420 g/mol. The summed E-state index contributed by atoms with van der Waals surface area (Å²) in [6.07, 6.45) is 1.08. The third-order valence-corrected chi connectivity index (χ3v) is 9.15. The number of sulfonamides is 1. The van der Waals surface area contributed by atoms with E-state index in [9.17, 15) is 21.6 Å². The third-order valence-electron chi connectivity index (χ3n) is 5.49. The van der Waals surface area contributed by atoms with Crippen LogP contribution in [0, 0.1) is 5.92 Å². The maximum absolute atomic E-state index is 13.0. The monoisotopic (exact) mass is 444 g/mol. The predicted molar refractivity (Wildman–Crippen MR) is 104 cm³/mol. The molecule has 2 saturated heterocycles. The van der Waals surface area contributed by atoms with E-state index in [-0.39, 0.29) is 48.5 Å². The summed E-state index contributed by atoms with van der Waals surface area (Å²) < 4.78 is 61.8. The summed E-state index contributed by atoms with van der Waals surface area (Å²) in [5, 5.41) is 0. The van der Waals surface area contributed by atoms with E-state index in [1.165, 1.54) is 16.4 Å². The van der Waals surface area contributed by atoms with Crippen LogP contribution in [0.4, 0.5) is 0 Å². The minimum atomic E-state index is -3.73. The molecule has 11 heteroatoms. The van der Waals surface area contributed by atoms with E-state index < -0.39 is 25.8 Å². The van der Waals surface area contributed by atoms with Crippen LogP contribution >= 0.6 is 0 Å². The molecule has 3 aliphatic heterocycles. The number of hydrogen-bond donors (Lipinski definition) is 0. The van der Waals surface area contributed by atoms with Crippen molar-refractivity contribution in [3.63, 3.8) is 0 Å². The fraction of sp³-hybridized carbons (Fsp3) is 0.611. The second-order valence-electron chi connectivity index (χ2n) is 7.49. The van der Waals surface area contributed by atoms with E-state index in [1.807, 2.05) is 0 Å². The second-order valence-corrected chi connectivity index (χ2v) is 11.7. The standard InChI is InChI=1S/C18H24N2O7S2/c21-18(14-4-11-28(22,23)13-14)19-5-7-20(8-6-19)29(24,25)15-2-3-16-17(12-15)27-10-1-9-26-16/h2-3,12,14H,1,4-11,13H2/t14-/m1/s1. The number of carbonyl (C=O) groups excluding carboxylic acids is 1. The Bertz CT molecular complexity index is 999. The van der Waals surface area contributed by atoms with Crippen molar-refractivity contribution in [2.24, 2.45) is 5.92 Å². The van der Waals surface area contributed by atoms with Gasteiger partial charge in [0.1, 0.15) is 0 Å². The number of hydrogen-bond acceptors (Lipinski definition) is 7. The molecule has 1 aromatic carbocycles. The fourth-order valence-electron chi connectivity index (χ4n) is 3.85. The van der Waals surface area contributed by atoms with Crippen molar-refractivity contribution in [3.8, 4) is 11.5 Å². The second kappa shape index (κ2) is 7.77. The van der Waals surface area contributed by atoms with Gasteiger partial charge in [-0.05, 0) is 18.6 Å². The lowest BCUT2D eigenvalue weighted by molar-refractivity contribution is -0.135. The Kier molecular flexibility index (Phi) is 5.47. The number of rotatable bonds is 3. The molecule has 9 nitrogen and oxygen atoms in total. The highest BCUT2D eigenvalue weighted by molar-refractivity contribution is 7.91. The summed E-state index contributed by atoms with van der Waals surface area (Å²) in [6.45, 7) is 1.83. The van der Waals surface area contributed by atoms with Crippen LogP contribution in [0.25, 0.3) is 0 Å². The molecule has 1 amide bonds. The molecule has 2 fully saturated rings. The number of ether oxygens (including phenoxy) is 2. The molecule has 1 aromatic rings. The minimum Gasteiger partial charge on any atom is -0.490 e. The Morgan fingerprint density at radius 2 is 1.72 bits per heavy atom.